The van der Waals surface area contributed by atoms with Crippen LogP contribution in [-0.2, 0) is 14.4 Å². The van der Waals surface area contributed by atoms with E-state index in [9.17, 15) is 19.5 Å². The molecule has 6 nitrogen and oxygen atoms in total. The summed E-state index contributed by atoms with van der Waals surface area (Å²) in [6, 6.07) is 0. The van der Waals surface area contributed by atoms with Crippen LogP contribution in [0.4, 0.5) is 0 Å². The van der Waals surface area contributed by atoms with E-state index in [1.807, 2.05) is 13.8 Å². The summed E-state index contributed by atoms with van der Waals surface area (Å²) in [5, 5.41) is 11.9. The topological polar surface area (TPSA) is 86.7 Å². The summed E-state index contributed by atoms with van der Waals surface area (Å²) in [5.41, 5.74) is -1.01. The first-order valence-corrected chi connectivity index (χ1v) is 7.64. The molecule has 0 atom stereocenters. The monoisotopic (exact) mass is 300 g/mol. The van der Waals surface area contributed by atoms with Gasteiger partial charge in [-0.05, 0) is 26.7 Å². The van der Waals surface area contributed by atoms with E-state index in [2.05, 4.69) is 5.32 Å². The molecule has 0 saturated carbocycles. The highest BCUT2D eigenvalue weighted by Crippen LogP contribution is 2.30. The second-order valence-electron chi connectivity index (χ2n) is 5.14. The summed E-state index contributed by atoms with van der Waals surface area (Å²) in [4.78, 5) is 36.7. The number of carbonyl (C=O) groups is 3. The average Bonchev–Trinajstić information content (AvgIpc) is 2.45. The van der Waals surface area contributed by atoms with E-state index in [0.717, 1.165) is 0 Å². The highest BCUT2D eigenvalue weighted by molar-refractivity contribution is 5.85. The Hall–Kier alpha value is -1.59. The number of carboxylic acid groups (broad SMARTS) is 1. The molecule has 0 heterocycles. The number of hydrogen-bond donors (Lipinski definition) is 2. The van der Waals surface area contributed by atoms with Crippen molar-refractivity contribution >= 4 is 17.8 Å². The first-order valence-electron chi connectivity index (χ1n) is 7.64. The lowest BCUT2D eigenvalue weighted by Gasteiger charge is -2.26. The average molecular weight is 300 g/mol. The normalized spacial score (nSPS) is 11.0. The van der Waals surface area contributed by atoms with Crippen LogP contribution >= 0.6 is 0 Å². The van der Waals surface area contributed by atoms with Crippen LogP contribution in [0.15, 0.2) is 0 Å². The van der Waals surface area contributed by atoms with E-state index in [-0.39, 0.29) is 31.2 Å². The van der Waals surface area contributed by atoms with Crippen LogP contribution in [0.5, 0.6) is 0 Å². The molecular weight excluding hydrogens is 272 g/mol. The molecule has 21 heavy (non-hydrogen) atoms. The predicted octanol–water partition coefficient (Wildman–Crippen LogP) is 1.64. The lowest BCUT2D eigenvalue weighted by atomic mass is 9.79. The summed E-state index contributed by atoms with van der Waals surface area (Å²) < 4.78 is 0. The van der Waals surface area contributed by atoms with Gasteiger partial charge in [-0.2, -0.15) is 0 Å². The minimum Gasteiger partial charge on any atom is -0.481 e. The van der Waals surface area contributed by atoms with E-state index in [1.165, 1.54) is 0 Å². The van der Waals surface area contributed by atoms with Gasteiger partial charge in [-0.15, -0.1) is 0 Å². The number of carboxylic acids is 1. The molecule has 122 valence electrons. The van der Waals surface area contributed by atoms with Crippen molar-refractivity contribution in [3.8, 4) is 0 Å². The van der Waals surface area contributed by atoms with Gasteiger partial charge in [0.1, 0.15) is 0 Å². The predicted molar refractivity (Wildman–Crippen MR) is 80.8 cm³/mol. The summed E-state index contributed by atoms with van der Waals surface area (Å²) in [6.45, 7) is 8.91. The molecule has 0 unspecified atom stereocenters. The number of nitrogens with zero attached hydrogens (tertiary/aromatic N) is 1. The molecule has 0 radical (unpaired) electrons. The van der Waals surface area contributed by atoms with Gasteiger partial charge in [0.25, 0.3) is 0 Å². The van der Waals surface area contributed by atoms with Crippen molar-refractivity contribution in [2.75, 3.05) is 19.6 Å². The van der Waals surface area contributed by atoms with Crippen molar-refractivity contribution in [2.24, 2.45) is 5.41 Å². The molecule has 2 amide bonds. The smallest absolute Gasteiger partial charge is 0.310 e. The van der Waals surface area contributed by atoms with E-state index in [0.29, 0.717) is 25.9 Å². The quantitative estimate of drug-likeness (QED) is 0.642. The van der Waals surface area contributed by atoms with Gasteiger partial charge in [-0.1, -0.05) is 13.8 Å². The lowest BCUT2D eigenvalue weighted by molar-refractivity contribution is -0.152. The molecule has 0 aromatic carbocycles. The van der Waals surface area contributed by atoms with Crippen molar-refractivity contribution in [3.05, 3.63) is 0 Å². The van der Waals surface area contributed by atoms with Crippen LogP contribution in [0.1, 0.15) is 53.4 Å². The first kappa shape index (κ1) is 19.4. The molecule has 0 aromatic heterocycles. The van der Waals surface area contributed by atoms with Crippen LogP contribution in [0.2, 0.25) is 0 Å². The van der Waals surface area contributed by atoms with E-state index in [4.69, 9.17) is 0 Å². The van der Waals surface area contributed by atoms with Crippen LogP contribution in [0.25, 0.3) is 0 Å². The van der Waals surface area contributed by atoms with Crippen LogP contribution in [-0.4, -0.2) is 47.4 Å². The van der Waals surface area contributed by atoms with Gasteiger partial charge in [0, 0.05) is 32.5 Å². The minimum atomic E-state index is -1.01. The third-order valence-corrected chi connectivity index (χ3v) is 4.08. The standard InChI is InChI=1S/C15H28N2O4/c1-5-15(6-2,14(20)21)11-12(18)16-10-9-13(19)17(7-3)8-4/h5-11H2,1-4H3,(H,16,18)(H,20,21). The molecular formula is C15H28N2O4. The molecule has 0 aliphatic rings. The van der Waals surface area contributed by atoms with Gasteiger partial charge in [0.2, 0.25) is 11.8 Å². The van der Waals surface area contributed by atoms with Crippen molar-refractivity contribution in [3.63, 3.8) is 0 Å². The van der Waals surface area contributed by atoms with Crippen molar-refractivity contribution in [2.45, 2.75) is 53.4 Å². The third kappa shape index (κ3) is 5.73. The molecule has 0 fully saturated rings. The Balaban J connectivity index is 4.33. The number of aliphatic carboxylic acids is 1. The Bertz CT molecular complexity index is 361. The molecule has 0 aliphatic carbocycles. The number of nitrogens with one attached hydrogen (secondary N) is 1. The van der Waals surface area contributed by atoms with Gasteiger partial charge in [0.15, 0.2) is 0 Å². The van der Waals surface area contributed by atoms with E-state index >= 15 is 0 Å². The maximum atomic E-state index is 11.9. The number of rotatable bonds is 10. The van der Waals surface area contributed by atoms with Crippen LogP contribution < -0.4 is 5.32 Å². The zero-order chi connectivity index (χ0) is 16.5. The summed E-state index contributed by atoms with van der Waals surface area (Å²) in [6.07, 6.45) is 1.01. The second kappa shape index (κ2) is 9.37. The molecule has 6 heteroatoms. The Labute approximate surface area is 126 Å². The second-order valence-corrected chi connectivity index (χ2v) is 5.14. The van der Waals surface area contributed by atoms with Gasteiger partial charge in [-0.25, -0.2) is 0 Å². The Morgan fingerprint density at radius 2 is 1.57 bits per heavy atom. The fourth-order valence-corrected chi connectivity index (χ4v) is 2.29. The number of carbonyl (C=O) groups excluding carboxylic acids is 2. The molecule has 0 spiro atoms. The highest BCUT2D eigenvalue weighted by Gasteiger charge is 2.37. The Morgan fingerprint density at radius 3 is 1.95 bits per heavy atom. The van der Waals surface area contributed by atoms with Gasteiger partial charge in [0.05, 0.1) is 5.41 Å². The largest absolute Gasteiger partial charge is 0.481 e. The molecule has 0 rings (SSSR count). The fourth-order valence-electron chi connectivity index (χ4n) is 2.29. The zero-order valence-electron chi connectivity index (χ0n) is 13.6. The maximum absolute atomic E-state index is 11.9. The SMILES string of the molecule is CCN(CC)C(=O)CCNC(=O)CC(CC)(CC)C(=O)O. The molecule has 0 aromatic rings. The third-order valence-electron chi connectivity index (χ3n) is 4.08. The molecule has 0 aliphatic heterocycles. The van der Waals surface area contributed by atoms with Crippen molar-refractivity contribution < 1.29 is 19.5 Å². The summed E-state index contributed by atoms with van der Waals surface area (Å²) in [7, 11) is 0. The molecule has 2 N–H and O–H groups in total. The maximum Gasteiger partial charge on any atom is 0.310 e. The van der Waals surface area contributed by atoms with E-state index in [1.54, 1.807) is 18.7 Å². The van der Waals surface area contributed by atoms with E-state index < -0.39 is 11.4 Å². The lowest BCUT2D eigenvalue weighted by Crippen LogP contribution is -2.38. The minimum absolute atomic E-state index is 0.00391. The fraction of sp³-hybridized carbons (Fsp3) is 0.800. The van der Waals surface area contributed by atoms with Gasteiger partial charge >= 0.3 is 5.97 Å². The van der Waals surface area contributed by atoms with Gasteiger partial charge < -0.3 is 15.3 Å². The summed E-state index contributed by atoms with van der Waals surface area (Å²) >= 11 is 0. The van der Waals surface area contributed by atoms with Crippen molar-refractivity contribution in [1.82, 2.24) is 10.2 Å². The molecule has 0 bridgehead atoms. The van der Waals surface area contributed by atoms with Crippen molar-refractivity contribution in [1.29, 1.82) is 0 Å². The number of amides is 2. The highest BCUT2D eigenvalue weighted by atomic mass is 16.4. The van der Waals surface area contributed by atoms with Crippen LogP contribution in [0.3, 0.4) is 0 Å². The first-order chi connectivity index (χ1) is 9.86. The van der Waals surface area contributed by atoms with Crippen LogP contribution in [0, 0.1) is 5.41 Å². The summed E-state index contributed by atoms with van der Waals surface area (Å²) in [5.74, 6) is -1.26. The van der Waals surface area contributed by atoms with Gasteiger partial charge in [-0.3, -0.25) is 14.4 Å². The number of hydrogen-bond acceptors (Lipinski definition) is 3. The molecule has 0 saturated heterocycles. The Morgan fingerprint density at radius 1 is 1.05 bits per heavy atom. The Kier molecular flexibility index (Phi) is 8.66. The zero-order valence-corrected chi connectivity index (χ0v) is 13.6.